The van der Waals surface area contributed by atoms with Crippen molar-refractivity contribution in [2.45, 2.75) is 0 Å². The summed E-state index contributed by atoms with van der Waals surface area (Å²) in [7, 11) is 0. The lowest BCUT2D eigenvalue weighted by Crippen LogP contribution is -2.51. The molecule has 0 bridgehead atoms. The van der Waals surface area contributed by atoms with E-state index in [1.807, 2.05) is 5.38 Å². The van der Waals surface area contributed by atoms with Crippen LogP contribution in [0.3, 0.4) is 0 Å². The van der Waals surface area contributed by atoms with Gasteiger partial charge in [0.25, 0.3) is 0 Å². The number of hydrogen-bond donors (Lipinski definition) is 1. The van der Waals surface area contributed by atoms with Gasteiger partial charge in [-0.2, -0.15) is 0 Å². The van der Waals surface area contributed by atoms with E-state index in [0.717, 1.165) is 18.2 Å². The topological polar surface area (TPSA) is 48.5 Å². The van der Waals surface area contributed by atoms with E-state index in [9.17, 15) is 4.79 Å². The third kappa shape index (κ3) is 2.88. The van der Waals surface area contributed by atoms with E-state index in [-0.39, 0.29) is 12.6 Å². The number of urea groups is 1. The summed E-state index contributed by atoms with van der Waals surface area (Å²) < 4.78 is 0. The van der Waals surface area contributed by atoms with Gasteiger partial charge < -0.3 is 15.1 Å². The smallest absolute Gasteiger partial charge is 0.318 e. The minimum atomic E-state index is -0.0817. The van der Waals surface area contributed by atoms with Gasteiger partial charge in [-0.15, -0.1) is 17.8 Å². The van der Waals surface area contributed by atoms with Gasteiger partial charge in [-0.25, -0.2) is 9.78 Å². The Bertz CT molecular complexity index is 404. The summed E-state index contributed by atoms with van der Waals surface area (Å²) >= 11 is 1.62. The summed E-state index contributed by atoms with van der Waals surface area (Å²) in [4.78, 5) is 19.9. The maximum atomic E-state index is 11.6. The van der Waals surface area contributed by atoms with Crippen molar-refractivity contribution in [3.05, 3.63) is 11.6 Å². The van der Waals surface area contributed by atoms with Gasteiger partial charge in [0.2, 0.25) is 0 Å². The second-order valence-corrected chi connectivity index (χ2v) is 4.52. The van der Waals surface area contributed by atoms with Crippen LogP contribution < -0.4 is 10.2 Å². The van der Waals surface area contributed by atoms with Gasteiger partial charge in [-0.1, -0.05) is 5.92 Å². The molecule has 2 rings (SSSR count). The minimum Gasteiger partial charge on any atom is -0.345 e. The molecule has 0 atom stereocenters. The van der Waals surface area contributed by atoms with Gasteiger partial charge in [0, 0.05) is 37.8 Å². The zero-order chi connectivity index (χ0) is 12.1. The van der Waals surface area contributed by atoms with Crippen molar-refractivity contribution in [3.63, 3.8) is 0 Å². The monoisotopic (exact) mass is 250 g/mol. The number of terminal acetylenes is 1. The molecule has 0 saturated carbocycles. The molecule has 6 heteroatoms. The number of aromatic nitrogens is 1. The lowest BCUT2D eigenvalue weighted by Gasteiger charge is -2.34. The third-order valence-corrected chi connectivity index (χ3v) is 3.43. The summed E-state index contributed by atoms with van der Waals surface area (Å²) in [6.07, 6.45) is 6.89. The van der Waals surface area contributed by atoms with Crippen LogP contribution in [0.15, 0.2) is 11.6 Å². The number of piperazine rings is 1. The van der Waals surface area contributed by atoms with Crippen LogP contribution in [0.2, 0.25) is 0 Å². The number of carbonyl (C=O) groups excluding carboxylic acids is 1. The number of nitrogens with zero attached hydrogens (tertiary/aromatic N) is 3. The molecule has 0 radical (unpaired) electrons. The second kappa shape index (κ2) is 5.55. The number of rotatable bonds is 2. The van der Waals surface area contributed by atoms with E-state index in [1.165, 1.54) is 0 Å². The normalized spacial score (nSPS) is 15.5. The van der Waals surface area contributed by atoms with Crippen molar-refractivity contribution >= 4 is 22.5 Å². The number of carbonyl (C=O) groups is 1. The molecule has 1 aliphatic rings. The van der Waals surface area contributed by atoms with Crippen LogP contribution in [0.25, 0.3) is 0 Å². The summed E-state index contributed by atoms with van der Waals surface area (Å²) in [6.45, 7) is 3.32. The van der Waals surface area contributed by atoms with Crippen molar-refractivity contribution < 1.29 is 4.79 Å². The lowest BCUT2D eigenvalue weighted by molar-refractivity contribution is 0.195. The zero-order valence-electron chi connectivity index (χ0n) is 9.43. The van der Waals surface area contributed by atoms with Crippen LogP contribution in [0.4, 0.5) is 9.93 Å². The fourth-order valence-corrected chi connectivity index (χ4v) is 2.41. The highest BCUT2D eigenvalue weighted by atomic mass is 32.1. The largest absolute Gasteiger partial charge is 0.345 e. The summed E-state index contributed by atoms with van der Waals surface area (Å²) in [5.74, 6) is 2.39. The predicted molar refractivity (Wildman–Crippen MR) is 68.1 cm³/mol. The molecule has 1 saturated heterocycles. The maximum Gasteiger partial charge on any atom is 0.318 e. The van der Waals surface area contributed by atoms with E-state index in [4.69, 9.17) is 6.42 Å². The summed E-state index contributed by atoms with van der Waals surface area (Å²) in [6, 6.07) is -0.0817. The first-order valence-corrected chi connectivity index (χ1v) is 6.30. The standard InChI is InChI=1S/C11H14N4OS/c1-2-3-12-10(16)14-5-7-15(8-6-14)11-13-4-9-17-11/h1,4,9H,3,5-8H2,(H,12,16). The first kappa shape index (κ1) is 11.7. The summed E-state index contributed by atoms with van der Waals surface area (Å²) in [5, 5.41) is 5.65. The molecule has 5 nitrogen and oxygen atoms in total. The SMILES string of the molecule is C#CCNC(=O)N1CCN(c2nccs2)CC1. The molecule has 0 spiro atoms. The fourth-order valence-electron chi connectivity index (χ4n) is 1.71. The molecule has 2 amide bonds. The Balaban J connectivity index is 1.82. The molecular weight excluding hydrogens is 236 g/mol. The Morgan fingerprint density at radius 3 is 2.88 bits per heavy atom. The molecule has 1 N–H and O–H groups in total. The Hall–Kier alpha value is -1.74. The maximum absolute atomic E-state index is 11.6. The number of hydrogen-bond acceptors (Lipinski definition) is 4. The van der Waals surface area contributed by atoms with Crippen LogP contribution in [-0.4, -0.2) is 48.6 Å². The van der Waals surface area contributed by atoms with Crippen molar-refractivity contribution in [3.8, 4) is 12.3 Å². The Morgan fingerprint density at radius 2 is 2.29 bits per heavy atom. The minimum absolute atomic E-state index is 0.0817. The van der Waals surface area contributed by atoms with E-state index in [0.29, 0.717) is 13.1 Å². The van der Waals surface area contributed by atoms with E-state index in [2.05, 4.69) is 21.1 Å². The molecule has 1 aromatic heterocycles. The van der Waals surface area contributed by atoms with Crippen molar-refractivity contribution in [1.82, 2.24) is 15.2 Å². The summed E-state index contributed by atoms with van der Waals surface area (Å²) in [5.41, 5.74) is 0. The number of anilines is 1. The van der Waals surface area contributed by atoms with Gasteiger partial charge in [-0.05, 0) is 0 Å². The fraction of sp³-hybridized carbons (Fsp3) is 0.455. The van der Waals surface area contributed by atoms with Crippen molar-refractivity contribution in [1.29, 1.82) is 0 Å². The first-order chi connectivity index (χ1) is 8.31. The van der Waals surface area contributed by atoms with Gasteiger partial charge in [0.1, 0.15) is 0 Å². The number of nitrogens with one attached hydrogen (secondary N) is 1. The van der Waals surface area contributed by atoms with Gasteiger partial charge in [0.15, 0.2) is 5.13 Å². The van der Waals surface area contributed by atoms with Crippen LogP contribution >= 0.6 is 11.3 Å². The number of amides is 2. The van der Waals surface area contributed by atoms with Crippen LogP contribution in [0.5, 0.6) is 0 Å². The van der Waals surface area contributed by atoms with Crippen molar-refractivity contribution in [2.24, 2.45) is 0 Å². The molecule has 0 unspecified atom stereocenters. The highest BCUT2D eigenvalue weighted by Crippen LogP contribution is 2.18. The van der Waals surface area contributed by atoms with Gasteiger partial charge >= 0.3 is 6.03 Å². The highest BCUT2D eigenvalue weighted by molar-refractivity contribution is 7.13. The molecule has 1 aliphatic heterocycles. The van der Waals surface area contributed by atoms with Crippen molar-refractivity contribution in [2.75, 3.05) is 37.6 Å². The van der Waals surface area contributed by atoms with Gasteiger partial charge in [-0.3, -0.25) is 0 Å². The third-order valence-electron chi connectivity index (χ3n) is 2.60. The molecule has 2 heterocycles. The van der Waals surface area contributed by atoms with E-state index < -0.39 is 0 Å². The van der Waals surface area contributed by atoms with Crippen LogP contribution in [0.1, 0.15) is 0 Å². The Kier molecular flexibility index (Phi) is 3.83. The molecule has 0 aromatic carbocycles. The van der Waals surface area contributed by atoms with Crippen LogP contribution in [-0.2, 0) is 0 Å². The van der Waals surface area contributed by atoms with Crippen LogP contribution in [0, 0.1) is 12.3 Å². The Morgan fingerprint density at radius 1 is 1.53 bits per heavy atom. The molecule has 1 fully saturated rings. The average Bonchev–Trinajstić information content (AvgIpc) is 2.90. The molecule has 17 heavy (non-hydrogen) atoms. The average molecular weight is 250 g/mol. The Labute approximate surface area is 104 Å². The second-order valence-electron chi connectivity index (χ2n) is 3.65. The molecular formula is C11H14N4OS. The predicted octanol–water partition coefficient (Wildman–Crippen LogP) is 0.608. The molecule has 1 aromatic rings. The first-order valence-electron chi connectivity index (χ1n) is 5.42. The quantitative estimate of drug-likeness (QED) is 0.782. The highest BCUT2D eigenvalue weighted by Gasteiger charge is 2.21. The van der Waals surface area contributed by atoms with E-state index >= 15 is 0 Å². The molecule has 90 valence electrons. The lowest BCUT2D eigenvalue weighted by atomic mass is 10.3. The zero-order valence-corrected chi connectivity index (χ0v) is 10.2. The number of thiazole rings is 1. The van der Waals surface area contributed by atoms with Gasteiger partial charge in [0.05, 0.1) is 6.54 Å². The van der Waals surface area contributed by atoms with E-state index in [1.54, 1.807) is 22.4 Å². The molecule has 0 aliphatic carbocycles.